The summed E-state index contributed by atoms with van der Waals surface area (Å²) < 4.78 is 7.59. The van der Waals surface area contributed by atoms with E-state index in [-0.39, 0.29) is 23.6 Å². The molecule has 1 unspecified atom stereocenters. The second-order valence-electron chi connectivity index (χ2n) is 5.31. The normalized spacial score (nSPS) is 18.0. The highest BCUT2D eigenvalue weighted by Crippen LogP contribution is 2.12. The summed E-state index contributed by atoms with van der Waals surface area (Å²) in [5.41, 5.74) is -0.373. The molecule has 0 spiro atoms. The molecule has 1 aliphatic rings. The molecule has 1 fully saturated rings. The SMILES string of the molecule is Cn1c(=O)c2[nH]c(CNC(=O)C3CCCO3)nc2n(C)c1=O. The van der Waals surface area contributed by atoms with Crippen LogP contribution in [0.3, 0.4) is 0 Å². The van der Waals surface area contributed by atoms with Gasteiger partial charge in [0.15, 0.2) is 5.65 Å². The van der Waals surface area contributed by atoms with Gasteiger partial charge in [-0.1, -0.05) is 0 Å². The maximum atomic E-state index is 12.0. The minimum absolute atomic E-state index is 0.144. The van der Waals surface area contributed by atoms with Gasteiger partial charge in [0.1, 0.15) is 17.4 Å². The molecule has 2 aromatic rings. The average molecular weight is 307 g/mol. The number of nitrogens with zero attached hydrogens (tertiary/aromatic N) is 3. The first kappa shape index (κ1) is 14.5. The van der Waals surface area contributed by atoms with Gasteiger partial charge in [-0.2, -0.15) is 0 Å². The number of amides is 1. The third kappa shape index (κ3) is 2.33. The molecular formula is C13H17N5O4. The quantitative estimate of drug-likeness (QED) is 0.736. The van der Waals surface area contributed by atoms with Gasteiger partial charge in [0.25, 0.3) is 5.56 Å². The number of ether oxygens (including phenoxy) is 1. The molecule has 0 saturated carbocycles. The van der Waals surface area contributed by atoms with Gasteiger partial charge in [0.05, 0.1) is 6.54 Å². The molecule has 1 aliphatic heterocycles. The van der Waals surface area contributed by atoms with Gasteiger partial charge in [0, 0.05) is 20.7 Å². The second kappa shape index (κ2) is 5.41. The lowest BCUT2D eigenvalue weighted by Gasteiger charge is -2.08. The van der Waals surface area contributed by atoms with Crippen LogP contribution in [-0.2, 0) is 30.2 Å². The van der Waals surface area contributed by atoms with Crippen LogP contribution in [0.15, 0.2) is 9.59 Å². The first-order chi connectivity index (χ1) is 10.5. The fraction of sp³-hybridized carbons (Fsp3) is 0.538. The number of aromatic nitrogens is 4. The number of carbonyl (C=O) groups is 1. The Bertz CT molecular complexity index is 840. The van der Waals surface area contributed by atoms with E-state index in [0.29, 0.717) is 18.9 Å². The molecule has 0 radical (unpaired) electrons. The number of rotatable bonds is 3. The summed E-state index contributed by atoms with van der Waals surface area (Å²) in [5.74, 6) is 0.222. The van der Waals surface area contributed by atoms with Crippen molar-refractivity contribution in [2.24, 2.45) is 14.1 Å². The van der Waals surface area contributed by atoms with Crippen molar-refractivity contribution in [3.8, 4) is 0 Å². The maximum Gasteiger partial charge on any atom is 0.332 e. The molecule has 3 heterocycles. The van der Waals surface area contributed by atoms with Crippen molar-refractivity contribution in [1.29, 1.82) is 0 Å². The molecule has 0 aromatic carbocycles. The van der Waals surface area contributed by atoms with E-state index in [1.54, 1.807) is 7.05 Å². The molecule has 3 rings (SSSR count). The van der Waals surface area contributed by atoms with E-state index in [1.165, 1.54) is 11.6 Å². The van der Waals surface area contributed by atoms with Crippen molar-refractivity contribution in [3.63, 3.8) is 0 Å². The van der Waals surface area contributed by atoms with Crippen molar-refractivity contribution in [3.05, 3.63) is 26.7 Å². The van der Waals surface area contributed by atoms with Crippen molar-refractivity contribution in [2.75, 3.05) is 6.61 Å². The molecule has 1 saturated heterocycles. The van der Waals surface area contributed by atoms with Crippen LogP contribution in [0.5, 0.6) is 0 Å². The smallest absolute Gasteiger partial charge is 0.332 e. The van der Waals surface area contributed by atoms with Gasteiger partial charge in [-0.15, -0.1) is 0 Å². The Hall–Kier alpha value is -2.42. The average Bonchev–Trinajstić information content (AvgIpc) is 3.17. The van der Waals surface area contributed by atoms with Crippen molar-refractivity contribution in [2.45, 2.75) is 25.5 Å². The maximum absolute atomic E-state index is 12.0. The third-order valence-corrected chi connectivity index (χ3v) is 3.80. The van der Waals surface area contributed by atoms with Crippen LogP contribution < -0.4 is 16.6 Å². The lowest BCUT2D eigenvalue weighted by atomic mass is 10.2. The van der Waals surface area contributed by atoms with Gasteiger partial charge >= 0.3 is 5.69 Å². The van der Waals surface area contributed by atoms with Crippen LogP contribution in [0, 0.1) is 0 Å². The van der Waals surface area contributed by atoms with Crippen LogP contribution in [0.2, 0.25) is 0 Å². The summed E-state index contributed by atoms with van der Waals surface area (Å²) in [6.45, 7) is 0.742. The first-order valence-corrected chi connectivity index (χ1v) is 7.03. The Balaban J connectivity index is 1.85. The Morgan fingerprint density at radius 3 is 2.86 bits per heavy atom. The number of hydrogen-bond acceptors (Lipinski definition) is 5. The van der Waals surface area contributed by atoms with Crippen molar-refractivity contribution in [1.82, 2.24) is 24.4 Å². The number of nitrogens with one attached hydrogen (secondary N) is 2. The van der Waals surface area contributed by atoms with Gasteiger partial charge in [-0.05, 0) is 12.8 Å². The highest BCUT2D eigenvalue weighted by atomic mass is 16.5. The van der Waals surface area contributed by atoms with Gasteiger partial charge in [-0.25, -0.2) is 9.78 Å². The fourth-order valence-corrected chi connectivity index (χ4v) is 2.53. The largest absolute Gasteiger partial charge is 0.368 e. The van der Waals surface area contributed by atoms with Crippen LogP contribution in [0.1, 0.15) is 18.7 Å². The lowest BCUT2D eigenvalue weighted by molar-refractivity contribution is -0.130. The molecule has 1 atom stereocenters. The van der Waals surface area contributed by atoms with Crippen LogP contribution in [0.25, 0.3) is 11.2 Å². The Morgan fingerprint density at radius 1 is 1.41 bits per heavy atom. The Morgan fingerprint density at radius 2 is 2.18 bits per heavy atom. The molecule has 9 nitrogen and oxygen atoms in total. The highest BCUT2D eigenvalue weighted by Gasteiger charge is 2.23. The van der Waals surface area contributed by atoms with E-state index in [2.05, 4.69) is 15.3 Å². The third-order valence-electron chi connectivity index (χ3n) is 3.80. The van der Waals surface area contributed by atoms with E-state index in [0.717, 1.165) is 11.0 Å². The molecule has 2 N–H and O–H groups in total. The van der Waals surface area contributed by atoms with Crippen molar-refractivity contribution >= 4 is 17.1 Å². The highest BCUT2D eigenvalue weighted by molar-refractivity contribution is 5.81. The molecular weight excluding hydrogens is 290 g/mol. The van der Waals surface area contributed by atoms with E-state index >= 15 is 0 Å². The van der Waals surface area contributed by atoms with Crippen LogP contribution >= 0.6 is 0 Å². The Labute approximate surface area is 124 Å². The number of H-pyrrole nitrogens is 1. The number of aryl methyl sites for hydroxylation is 1. The molecule has 0 bridgehead atoms. The zero-order valence-electron chi connectivity index (χ0n) is 12.4. The number of aromatic amines is 1. The summed E-state index contributed by atoms with van der Waals surface area (Å²) in [6, 6.07) is 0. The topological polar surface area (TPSA) is 111 Å². The second-order valence-corrected chi connectivity index (χ2v) is 5.31. The molecule has 9 heteroatoms. The molecule has 118 valence electrons. The number of carbonyl (C=O) groups excluding carboxylic acids is 1. The predicted molar refractivity (Wildman–Crippen MR) is 77.4 cm³/mol. The summed E-state index contributed by atoms with van der Waals surface area (Å²) in [6.07, 6.45) is 1.17. The molecule has 1 amide bonds. The van der Waals surface area contributed by atoms with Crippen LogP contribution in [-0.4, -0.2) is 37.7 Å². The first-order valence-electron chi connectivity index (χ1n) is 7.03. The van der Waals surface area contributed by atoms with E-state index in [1.807, 2.05) is 0 Å². The predicted octanol–water partition coefficient (Wildman–Crippen LogP) is -1.24. The lowest BCUT2D eigenvalue weighted by Crippen LogP contribution is -2.36. The monoisotopic (exact) mass is 307 g/mol. The Kier molecular flexibility index (Phi) is 3.57. The summed E-state index contributed by atoms with van der Waals surface area (Å²) in [7, 11) is 2.95. The summed E-state index contributed by atoms with van der Waals surface area (Å²) in [5, 5.41) is 2.72. The van der Waals surface area contributed by atoms with Crippen molar-refractivity contribution < 1.29 is 9.53 Å². The summed E-state index contributed by atoms with van der Waals surface area (Å²) >= 11 is 0. The van der Waals surface area contributed by atoms with Gasteiger partial charge in [-0.3, -0.25) is 18.7 Å². The van der Waals surface area contributed by atoms with Crippen LogP contribution in [0.4, 0.5) is 0 Å². The zero-order valence-corrected chi connectivity index (χ0v) is 12.4. The zero-order chi connectivity index (χ0) is 15.9. The number of hydrogen-bond donors (Lipinski definition) is 2. The number of fused-ring (bicyclic) bond motifs is 1. The van der Waals surface area contributed by atoms with Gasteiger partial charge < -0.3 is 15.0 Å². The van der Waals surface area contributed by atoms with Gasteiger partial charge in [0.2, 0.25) is 5.91 Å². The molecule has 22 heavy (non-hydrogen) atoms. The van der Waals surface area contributed by atoms with E-state index in [4.69, 9.17) is 4.74 Å². The molecule has 0 aliphatic carbocycles. The molecule has 2 aromatic heterocycles. The minimum atomic E-state index is -0.445. The number of imidazole rings is 1. The minimum Gasteiger partial charge on any atom is -0.368 e. The van der Waals surface area contributed by atoms with E-state index in [9.17, 15) is 14.4 Å². The fourth-order valence-electron chi connectivity index (χ4n) is 2.53. The standard InChI is InChI=1S/C13H17N5O4/c1-17-10-9(12(20)18(2)13(17)21)15-8(16-10)6-14-11(19)7-4-3-5-22-7/h7H,3-6H2,1-2H3,(H,14,19)(H,15,16). The summed E-state index contributed by atoms with van der Waals surface area (Å²) in [4.78, 5) is 42.8. The van der Waals surface area contributed by atoms with E-state index < -0.39 is 17.4 Å².